The van der Waals surface area contributed by atoms with E-state index in [0.29, 0.717) is 19.8 Å². The maximum Gasteiger partial charge on any atom is 0.339 e. The molecule has 10 heteroatoms. The summed E-state index contributed by atoms with van der Waals surface area (Å²) in [6.07, 6.45) is 2.12. The molecule has 174 valence electrons. The third-order valence-corrected chi connectivity index (χ3v) is 7.08. The Hall–Kier alpha value is -2.53. The zero-order valence-corrected chi connectivity index (χ0v) is 19.3. The normalized spacial score (nSPS) is 15.0. The Morgan fingerprint density at radius 1 is 1.25 bits per heavy atom. The van der Waals surface area contributed by atoms with Crippen LogP contribution in [-0.4, -0.2) is 82.1 Å². The smallest absolute Gasteiger partial charge is 0.339 e. The second kappa shape index (κ2) is 11.4. The van der Waals surface area contributed by atoms with Crippen LogP contribution in [0, 0.1) is 0 Å². The fourth-order valence-electron chi connectivity index (χ4n) is 3.46. The van der Waals surface area contributed by atoms with Crippen molar-refractivity contribution >= 4 is 21.8 Å². The van der Waals surface area contributed by atoms with E-state index in [2.05, 4.69) is 27.3 Å². The monoisotopic (exact) mass is 462 g/mol. The summed E-state index contributed by atoms with van der Waals surface area (Å²) in [6, 6.07) is 11.5. The maximum absolute atomic E-state index is 13.2. The van der Waals surface area contributed by atoms with Crippen LogP contribution in [0.2, 0.25) is 0 Å². The van der Waals surface area contributed by atoms with E-state index in [1.807, 2.05) is 25.2 Å². The number of nitrogens with one attached hydrogen (secondary N) is 1. The van der Waals surface area contributed by atoms with Gasteiger partial charge in [-0.1, -0.05) is 30.3 Å². The molecule has 0 aliphatic carbocycles. The van der Waals surface area contributed by atoms with Gasteiger partial charge in [0.15, 0.2) is 0 Å². The molecule has 0 spiro atoms. The highest BCUT2D eigenvalue weighted by Crippen LogP contribution is 2.25. The summed E-state index contributed by atoms with van der Waals surface area (Å²) in [5, 5.41) is 3.13. The number of rotatable bonds is 10. The molecule has 0 atom stereocenters. The topological polar surface area (TPSA) is 101 Å². The fourth-order valence-corrected chi connectivity index (χ4v) is 5.01. The lowest BCUT2D eigenvalue weighted by Gasteiger charge is -2.27. The predicted octanol–water partition coefficient (Wildman–Crippen LogP) is 1.82. The lowest BCUT2D eigenvalue weighted by Crippen LogP contribution is -2.41. The largest absolute Gasteiger partial charge is 0.465 e. The molecule has 0 amide bonds. The summed E-state index contributed by atoms with van der Waals surface area (Å²) in [5.74, 6) is -0.403. The summed E-state index contributed by atoms with van der Waals surface area (Å²) in [5.41, 5.74) is 1.33. The van der Waals surface area contributed by atoms with Gasteiger partial charge in [-0.05, 0) is 31.6 Å². The molecule has 1 saturated heterocycles. The number of aromatic nitrogens is 1. The third kappa shape index (κ3) is 6.26. The molecule has 3 rings (SSSR count). The van der Waals surface area contributed by atoms with Gasteiger partial charge < -0.3 is 19.7 Å². The molecule has 2 aromatic rings. The van der Waals surface area contributed by atoms with Crippen LogP contribution in [-0.2, 0) is 26.0 Å². The van der Waals surface area contributed by atoms with Gasteiger partial charge in [0.2, 0.25) is 10.0 Å². The van der Waals surface area contributed by atoms with Crippen LogP contribution in [0.3, 0.4) is 0 Å². The van der Waals surface area contributed by atoms with Crippen molar-refractivity contribution in [1.82, 2.24) is 14.2 Å². The number of ether oxygens (including phenoxy) is 2. The maximum atomic E-state index is 13.2. The van der Waals surface area contributed by atoms with Gasteiger partial charge in [-0.15, -0.1) is 0 Å². The van der Waals surface area contributed by atoms with Crippen molar-refractivity contribution < 1.29 is 22.7 Å². The first-order chi connectivity index (χ1) is 15.4. The minimum Gasteiger partial charge on any atom is -0.465 e. The predicted molar refractivity (Wildman–Crippen MR) is 121 cm³/mol. The van der Waals surface area contributed by atoms with Crippen LogP contribution in [0.15, 0.2) is 47.5 Å². The van der Waals surface area contributed by atoms with Gasteiger partial charge in [0.25, 0.3) is 0 Å². The lowest BCUT2D eigenvalue weighted by molar-refractivity contribution is 0.0600. The van der Waals surface area contributed by atoms with Crippen molar-refractivity contribution in [2.24, 2.45) is 0 Å². The molecule has 32 heavy (non-hydrogen) atoms. The van der Waals surface area contributed by atoms with E-state index in [1.165, 1.54) is 29.2 Å². The van der Waals surface area contributed by atoms with E-state index in [-0.39, 0.29) is 29.4 Å². The average Bonchev–Trinajstić information content (AvgIpc) is 2.82. The van der Waals surface area contributed by atoms with E-state index < -0.39 is 16.0 Å². The Morgan fingerprint density at radius 3 is 2.66 bits per heavy atom. The number of carbonyl (C=O) groups is 1. The molecule has 1 N–H and O–H groups in total. The number of morpholine rings is 1. The number of hydrogen-bond acceptors (Lipinski definition) is 8. The van der Waals surface area contributed by atoms with Crippen molar-refractivity contribution in [2.45, 2.75) is 17.9 Å². The molecule has 2 heterocycles. The van der Waals surface area contributed by atoms with Gasteiger partial charge in [0, 0.05) is 32.4 Å². The minimum absolute atomic E-state index is 0.0278. The Morgan fingerprint density at radius 2 is 1.97 bits per heavy atom. The first-order valence-corrected chi connectivity index (χ1v) is 12.0. The average molecular weight is 463 g/mol. The van der Waals surface area contributed by atoms with E-state index in [9.17, 15) is 13.2 Å². The second-order valence-corrected chi connectivity index (χ2v) is 9.49. The summed E-state index contributed by atoms with van der Waals surface area (Å²) in [7, 11) is -0.548. The van der Waals surface area contributed by atoms with E-state index in [4.69, 9.17) is 9.47 Å². The molecule has 0 unspecified atom stereocenters. The molecular formula is C22H30N4O5S. The summed E-state index contributed by atoms with van der Waals surface area (Å²) in [6.45, 7) is 3.38. The Bertz CT molecular complexity index is 995. The van der Waals surface area contributed by atoms with Crippen molar-refractivity contribution in [3.05, 3.63) is 53.7 Å². The number of esters is 1. The van der Waals surface area contributed by atoms with Crippen molar-refractivity contribution in [2.75, 3.05) is 58.9 Å². The number of nitrogens with zero attached hydrogens (tertiary/aromatic N) is 3. The number of carbonyl (C=O) groups excluding carboxylic acids is 1. The standard InChI is InChI=1S/C22H30N4O5S/c1-25(17-18-7-4-3-5-8-18)10-6-9-23-21-20(15-19(16-24-21)22(27)30-2)32(28,29)26-11-13-31-14-12-26/h3-5,7-8,15-16H,6,9-14,17H2,1-2H3,(H,23,24). The quantitative estimate of drug-likeness (QED) is 0.422. The Kier molecular flexibility index (Phi) is 8.57. The fraction of sp³-hybridized carbons (Fsp3) is 0.455. The number of sulfonamides is 1. The Labute approximate surface area is 189 Å². The van der Waals surface area contributed by atoms with E-state index in [1.54, 1.807) is 0 Å². The van der Waals surface area contributed by atoms with Crippen LogP contribution in [0.4, 0.5) is 5.82 Å². The van der Waals surface area contributed by atoms with E-state index >= 15 is 0 Å². The van der Waals surface area contributed by atoms with Gasteiger partial charge in [-0.2, -0.15) is 4.31 Å². The molecule has 1 aliphatic rings. The lowest BCUT2D eigenvalue weighted by atomic mass is 10.2. The van der Waals surface area contributed by atoms with Crippen molar-refractivity contribution in [3.8, 4) is 0 Å². The molecule has 0 radical (unpaired) electrons. The third-order valence-electron chi connectivity index (χ3n) is 5.17. The van der Waals surface area contributed by atoms with Crippen molar-refractivity contribution in [1.29, 1.82) is 0 Å². The number of methoxy groups -OCH3 is 1. The number of anilines is 1. The zero-order chi connectivity index (χ0) is 23.0. The molecule has 1 aromatic heterocycles. The minimum atomic E-state index is -3.84. The number of pyridine rings is 1. The number of hydrogen-bond donors (Lipinski definition) is 1. The molecule has 1 fully saturated rings. The molecule has 9 nitrogen and oxygen atoms in total. The first-order valence-electron chi connectivity index (χ1n) is 10.5. The van der Waals surface area contributed by atoms with Gasteiger partial charge in [0.05, 0.1) is 25.9 Å². The molecule has 1 aromatic carbocycles. The molecule has 0 saturated carbocycles. The highest BCUT2D eigenvalue weighted by molar-refractivity contribution is 7.89. The zero-order valence-electron chi connectivity index (χ0n) is 18.5. The van der Waals surface area contributed by atoms with Crippen LogP contribution in [0.1, 0.15) is 22.3 Å². The van der Waals surface area contributed by atoms with Gasteiger partial charge in [-0.25, -0.2) is 18.2 Å². The summed E-state index contributed by atoms with van der Waals surface area (Å²) >= 11 is 0. The first kappa shape index (κ1) is 24.1. The van der Waals surface area contributed by atoms with Crippen LogP contribution >= 0.6 is 0 Å². The highest BCUT2D eigenvalue weighted by Gasteiger charge is 2.30. The molecular weight excluding hydrogens is 432 g/mol. The van der Waals surface area contributed by atoms with Gasteiger partial charge in [0.1, 0.15) is 10.7 Å². The highest BCUT2D eigenvalue weighted by atomic mass is 32.2. The number of benzene rings is 1. The summed E-state index contributed by atoms with van der Waals surface area (Å²) in [4.78, 5) is 18.4. The molecule has 1 aliphatic heterocycles. The molecule has 0 bridgehead atoms. The summed E-state index contributed by atoms with van der Waals surface area (Å²) < 4.78 is 37.8. The second-order valence-electron chi connectivity index (χ2n) is 7.58. The van der Waals surface area contributed by atoms with Crippen molar-refractivity contribution in [3.63, 3.8) is 0 Å². The Balaban J connectivity index is 1.67. The van der Waals surface area contributed by atoms with Crippen LogP contribution in [0.25, 0.3) is 0 Å². The van der Waals surface area contributed by atoms with Crippen LogP contribution < -0.4 is 5.32 Å². The SMILES string of the molecule is COC(=O)c1cnc(NCCCN(C)Cc2ccccc2)c(S(=O)(=O)N2CCOCC2)c1. The van der Waals surface area contributed by atoms with E-state index in [0.717, 1.165) is 19.5 Å². The van der Waals surface area contributed by atoms with Crippen LogP contribution in [0.5, 0.6) is 0 Å². The van der Waals surface area contributed by atoms with Gasteiger partial charge >= 0.3 is 5.97 Å². The van der Waals surface area contributed by atoms with Gasteiger partial charge in [-0.3, -0.25) is 0 Å².